The van der Waals surface area contributed by atoms with Crippen LogP contribution in [0.15, 0.2) is 36.5 Å². The zero-order valence-corrected chi connectivity index (χ0v) is 14.0. The first-order chi connectivity index (χ1) is 11.6. The minimum atomic E-state index is -0.103. The number of rotatable bonds is 6. The Balaban J connectivity index is 1.45. The van der Waals surface area contributed by atoms with Crippen molar-refractivity contribution in [2.24, 2.45) is 5.92 Å². The Morgan fingerprint density at radius 1 is 1.42 bits per heavy atom. The monoisotopic (exact) mass is 328 g/mol. The van der Waals surface area contributed by atoms with Crippen LogP contribution in [0, 0.1) is 5.92 Å². The molecule has 1 saturated heterocycles. The lowest BCUT2D eigenvalue weighted by Crippen LogP contribution is -2.31. The molecule has 3 rings (SSSR count). The number of aryl methyl sites for hydroxylation is 1. The summed E-state index contributed by atoms with van der Waals surface area (Å²) in [6, 6.07) is 9.14. The summed E-state index contributed by atoms with van der Waals surface area (Å²) in [5.41, 5.74) is 1.59. The highest BCUT2D eigenvalue weighted by Crippen LogP contribution is 2.20. The van der Waals surface area contributed by atoms with Gasteiger partial charge in [-0.3, -0.25) is 14.4 Å². The maximum absolute atomic E-state index is 12.1. The summed E-state index contributed by atoms with van der Waals surface area (Å²) in [6.07, 6.45) is 2.89. The van der Waals surface area contributed by atoms with Crippen molar-refractivity contribution in [2.75, 3.05) is 19.6 Å². The molecule has 1 unspecified atom stereocenters. The normalized spacial score (nSPS) is 18.0. The van der Waals surface area contributed by atoms with Crippen molar-refractivity contribution >= 4 is 5.91 Å². The molecule has 1 fully saturated rings. The number of aromatic hydroxyl groups is 1. The molecule has 2 aromatic rings. The standard InChI is InChI=1S/C18H24N4O2/c1-2-22-9-7-17(20-22)18(24)19-11-15-6-8-21(13-15)12-14-4-3-5-16(23)10-14/h3-5,7,9-10,15,23H,2,6,8,11-13H2,1H3,(H,19,24). The van der Waals surface area contributed by atoms with Crippen LogP contribution >= 0.6 is 0 Å². The van der Waals surface area contributed by atoms with E-state index in [2.05, 4.69) is 15.3 Å². The Kier molecular flexibility index (Phi) is 5.15. The van der Waals surface area contributed by atoms with E-state index in [1.54, 1.807) is 22.9 Å². The lowest BCUT2D eigenvalue weighted by Gasteiger charge is -2.16. The van der Waals surface area contributed by atoms with Gasteiger partial charge in [0.05, 0.1) is 0 Å². The van der Waals surface area contributed by atoms with Crippen LogP contribution in [0.4, 0.5) is 0 Å². The molecule has 0 bridgehead atoms. The van der Waals surface area contributed by atoms with E-state index in [0.29, 0.717) is 23.9 Å². The summed E-state index contributed by atoms with van der Waals surface area (Å²) in [6.45, 7) is 6.24. The van der Waals surface area contributed by atoms with Crippen molar-refractivity contribution in [3.8, 4) is 5.75 Å². The van der Waals surface area contributed by atoms with Crippen LogP contribution in [0.1, 0.15) is 29.4 Å². The van der Waals surface area contributed by atoms with Crippen molar-refractivity contribution in [1.29, 1.82) is 0 Å². The number of amides is 1. The van der Waals surface area contributed by atoms with Gasteiger partial charge < -0.3 is 10.4 Å². The second-order valence-corrected chi connectivity index (χ2v) is 6.33. The van der Waals surface area contributed by atoms with Gasteiger partial charge in [0.1, 0.15) is 11.4 Å². The molecule has 2 N–H and O–H groups in total. The first-order valence-electron chi connectivity index (χ1n) is 8.46. The van der Waals surface area contributed by atoms with E-state index in [0.717, 1.165) is 38.2 Å². The van der Waals surface area contributed by atoms with Gasteiger partial charge in [0.2, 0.25) is 0 Å². The van der Waals surface area contributed by atoms with E-state index in [-0.39, 0.29) is 5.91 Å². The molecule has 0 saturated carbocycles. The van der Waals surface area contributed by atoms with Crippen LogP contribution in [0.3, 0.4) is 0 Å². The average Bonchev–Trinajstić information content (AvgIpc) is 3.22. The van der Waals surface area contributed by atoms with Crippen LogP contribution in [0.25, 0.3) is 0 Å². The third-order valence-electron chi connectivity index (χ3n) is 4.44. The first-order valence-corrected chi connectivity index (χ1v) is 8.46. The summed E-state index contributed by atoms with van der Waals surface area (Å²) >= 11 is 0. The molecule has 2 heterocycles. The number of phenolic OH excluding ortho intramolecular Hbond substituents is 1. The van der Waals surface area contributed by atoms with Crippen LogP contribution < -0.4 is 5.32 Å². The molecular formula is C18H24N4O2. The SMILES string of the molecule is CCn1ccc(C(=O)NCC2CCN(Cc3cccc(O)c3)C2)n1. The van der Waals surface area contributed by atoms with Gasteiger partial charge in [-0.25, -0.2) is 0 Å². The van der Waals surface area contributed by atoms with Crippen molar-refractivity contribution in [3.05, 3.63) is 47.8 Å². The Labute approximate surface area is 142 Å². The lowest BCUT2D eigenvalue weighted by molar-refractivity contribution is 0.0941. The maximum Gasteiger partial charge on any atom is 0.271 e. The van der Waals surface area contributed by atoms with Crippen LogP contribution in [-0.4, -0.2) is 45.3 Å². The second kappa shape index (κ2) is 7.49. The number of phenols is 1. The number of benzene rings is 1. The number of likely N-dealkylation sites (tertiary alicyclic amines) is 1. The molecule has 1 aliphatic rings. The van der Waals surface area contributed by atoms with E-state index in [1.807, 2.05) is 25.3 Å². The van der Waals surface area contributed by atoms with Crippen molar-refractivity contribution in [3.63, 3.8) is 0 Å². The second-order valence-electron chi connectivity index (χ2n) is 6.33. The van der Waals surface area contributed by atoms with Gasteiger partial charge in [-0.2, -0.15) is 5.10 Å². The highest BCUT2D eigenvalue weighted by atomic mass is 16.3. The van der Waals surface area contributed by atoms with Gasteiger partial charge >= 0.3 is 0 Å². The molecule has 0 spiro atoms. The fourth-order valence-corrected chi connectivity index (χ4v) is 3.12. The van der Waals surface area contributed by atoms with Crippen LogP contribution in [-0.2, 0) is 13.1 Å². The molecule has 1 atom stereocenters. The molecule has 128 valence electrons. The Morgan fingerprint density at radius 3 is 3.04 bits per heavy atom. The number of carbonyl (C=O) groups excluding carboxylic acids is 1. The zero-order valence-electron chi connectivity index (χ0n) is 14.0. The fourth-order valence-electron chi connectivity index (χ4n) is 3.12. The third-order valence-corrected chi connectivity index (χ3v) is 4.44. The van der Waals surface area contributed by atoms with Gasteiger partial charge in [0, 0.05) is 32.4 Å². The van der Waals surface area contributed by atoms with Crippen molar-refractivity contribution in [2.45, 2.75) is 26.4 Å². The molecule has 0 aliphatic carbocycles. The first kappa shape index (κ1) is 16.5. The topological polar surface area (TPSA) is 70.4 Å². The largest absolute Gasteiger partial charge is 0.508 e. The number of aromatic nitrogens is 2. The van der Waals surface area contributed by atoms with Gasteiger partial charge in [-0.1, -0.05) is 12.1 Å². The van der Waals surface area contributed by atoms with E-state index < -0.39 is 0 Å². The molecular weight excluding hydrogens is 304 g/mol. The predicted octanol–water partition coefficient (Wildman–Crippen LogP) is 1.86. The summed E-state index contributed by atoms with van der Waals surface area (Å²) in [5.74, 6) is 0.662. The maximum atomic E-state index is 12.1. The lowest BCUT2D eigenvalue weighted by atomic mass is 10.1. The van der Waals surface area contributed by atoms with Crippen LogP contribution in [0.5, 0.6) is 5.75 Å². The minimum Gasteiger partial charge on any atom is -0.508 e. The molecule has 1 amide bonds. The quantitative estimate of drug-likeness (QED) is 0.849. The smallest absolute Gasteiger partial charge is 0.271 e. The Morgan fingerprint density at radius 2 is 2.29 bits per heavy atom. The summed E-state index contributed by atoms with van der Waals surface area (Å²) in [4.78, 5) is 14.5. The molecule has 0 radical (unpaired) electrons. The highest BCUT2D eigenvalue weighted by molar-refractivity contribution is 5.92. The van der Waals surface area contributed by atoms with E-state index >= 15 is 0 Å². The molecule has 1 aliphatic heterocycles. The summed E-state index contributed by atoms with van der Waals surface area (Å²) in [5, 5.41) is 16.8. The number of nitrogens with zero attached hydrogens (tertiary/aromatic N) is 3. The summed E-state index contributed by atoms with van der Waals surface area (Å²) in [7, 11) is 0. The van der Waals surface area contributed by atoms with E-state index in [4.69, 9.17) is 0 Å². The third kappa shape index (κ3) is 4.14. The zero-order chi connectivity index (χ0) is 16.9. The molecule has 1 aromatic heterocycles. The Bertz CT molecular complexity index is 698. The van der Waals surface area contributed by atoms with Gasteiger partial charge in [0.15, 0.2) is 0 Å². The molecule has 1 aromatic carbocycles. The van der Waals surface area contributed by atoms with Gasteiger partial charge in [-0.15, -0.1) is 0 Å². The van der Waals surface area contributed by atoms with E-state index in [9.17, 15) is 9.90 Å². The molecule has 6 nitrogen and oxygen atoms in total. The highest BCUT2D eigenvalue weighted by Gasteiger charge is 2.23. The molecule has 6 heteroatoms. The number of nitrogens with one attached hydrogen (secondary N) is 1. The van der Waals surface area contributed by atoms with Crippen molar-refractivity contribution in [1.82, 2.24) is 20.0 Å². The minimum absolute atomic E-state index is 0.103. The summed E-state index contributed by atoms with van der Waals surface area (Å²) < 4.78 is 1.75. The van der Waals surface area contributed by atoms with Gasteiger partial charge in [-0.05, 0) is 49.6 Å². The number of carbonyl (C=O) groups is 1. The molecule has 24 heavy (non-hydrogen) atoms. The number of hydrogen-bond acceptors (Lipinski definition) is 4. The fraction of sp³-hybridized carbons (Fsp3) is 0.444. The van der Waals surface area contributed by atoms with Crippen molar-refractivity contribution < 1.29 is 9.90 Å². The Hall–Kier alpha value is -2.34. The van der Waals surface area contributed by atoms with Gasteiger partial charge in [0.25, 0.3) is 5.91 Å². The average molecular weight is 328 g/mol. The predicted molar refractivity (Wildman–Crippen MR) is 91.7 cm³/mol. The van der Waals surface area contributed by atoms with Crippen LogP contribution in [0.2, 0.25) is 0 Å². The van der Waals surface area contributed by atoms with E-state index in [1.165, 1.54) is 0 Å². The number of hydrogen-bond donors (Lipinski definition) is 2.